The van der Waals surface area contributed by atoms with Crippen LogP contribution < -0.4 is 10.6 Å². The van der Waals surface area contributed by atoms with E-state index >= 15 is 0 Å². The molecule has 4 heteroatoms. The molecule has 1 aromatic rings. The lowest BCUT2D eigenvalue weighted by Gasteiger charge is -2.38. The predicted octanol–water partition coefficient (Wildman–Crippen LogP) is 2.31. The summed E-state index contributed by atoms with van der Waals surface area (Å²) < 4.78 is 0. The van der Waals surface area contributed by atoms with Crippen molar-refractivity contribution in [3.63, 3.8) is 0 Å². The number of fused-ring (bicyclic) bond motifs is 1. The number of rotatable bonds is 2. The Labute approximate surface area is 121 Å². The van der Waals surface area contributed by atoms with Crippen LogP contribution >= 0.6 is 0 Å². The van der Waals surface area contributed by atoms with E-state index in [-0.39, 0.29) is 0 Å². The quantitative estimate of drug-likeness (QED) is 0.841. The monoisotopic (exact) mass is 274 g/mol. The van der Waals surface area contributed by atoms with Crippen molar-refractivity contribution in [3.05, 3.63) is 17.6 Å². The highest BCUT2D eigenvalue weighted by molar-refractivity contribution is 5.49. The van der Waals surface area contributed by atoms with E-state index in [9.17, 15) is 0 Å². The average Bonchev–Trinajstić information content (AvgIpc) is 2.73. The Balaban J connectivity index is 1.86. The van der Waals surface area contributed by atoms with Gasteiger partial charge in [-0.1, -0.05) is 19.8 Å². The van der Waals surface area contributed by atoms with Crippen LogP contribution in [0.5, 0.6) is 0 Å². The fourth-order valence-corrected chi connectivity index (χ4v) is 3.63. The maximum absolute atomic E-state index is 6.23. The lowest BCUT2D eigenvalue weighted by Crippen LogP contribution is -2.47. The summed E-state index contributed by atoms with van der Waals surface area (Å²) in [7, 11) is 0. The summed E-state index contributed by atoms with van der Waals surface area (Å²) in [6, 6.07) is 0.358. The summed E-state index contributed by atoms with van der Waals surface area (Å²) in [5.41, 5.74) is 8.93. The van der Waals surface area contributed by atoms with Crippen LogP contribution in [0, 0.1) is 5.92 Å². The second-order valence-corrected chi connectivity index (χ2v) is 6.25. The SMILES string of the molecule is CCC1CN(c2ncnc3c2CCCCC3)CCC1N. The van der Waals surface area contributed by atoms with Gasteiger partial charge in [0.05, 0.1) is 0 Å². The summed E-state index contributed by atoms with van der Waals surface area (Å²) >= 11 is 0. The first-order valence-corrected chi connectivity index (χ1v) is 8.13. The maximum Gasteiger partial charge on any atom is 0.135 e. The van der Waals surface area contributed by atoms with Gasteiger partial charge >= 0.3 is 0 Å². The first kappa shape index (κ1) is 13.8. The maximum atomic E-state index is 6.23. The van der Waals surface area contributed by atoms with Crippen LogP contribution in [0.4, 0.5) is 5.82 Å². The van der Waals surface area contributed by atoms with Crippen LogP contribution in [0.15, 0.2) is 6.33 Å². The molecule has 0 spiro atoms. The first-order chi connectivity index (χ1) is 9.79. The Hall–Kier alpha value is -1.16. The van der Waals surface area contributed by atoms with Crippen molar-refractivity contribution in [2.24, 2.45) is 11.7 Å². The number of hydrogen-bond donors (Lipinski definition) is 1. The number of piperidine rings is 1. The van der Waals surface area contributed by atoms with Gasteiger partial charge in [-0.3, -0.25) is 0 Å². The highest BCUT2D eigenvalue weighted by Gasteiger charge is 2.28. The summed E-state index contributed by atoms with van der Waals surface area (Å²) in [4.78, 5) is 11.6. The summed E-state index contributed by atoms with van der Waals surface area (Å²) in [6.07, 6.45) is 10.1. The minimum Gasteiger partial charge on any atom is -0.356 e. The van der Waals surface area contributed by atoms with E-state index in [0.717, 1.165) is 38.8 Å². The van der Waals surface area contributed by atoms with Crippen LogP contribution in [0.2, 0.25) is 0 Å². The highest BCUT2D eigenvalue weighted by atomic mass is 15.2. The molecule has 2 N–H and O–H groups in total. The molecule has 20 heavy (non-hydrogen) atoms. The Bertz CT molecular complexity index is 460. The van der Waals surface area contributed by atoms with Crippen LogP contribution in [-0.4, -0.2) is 29.1 Å². The van der Waals surface area contributed by atoms with Gasteiger partial charge in [-0.2, -0.15) is 0 Å². The first-order valence-electron chi connectivity index (χ1n) is 8.13. The predicted molar refractivity (Wildman–Crippen MR) is 81.9 cm³/mol. The standard InChI is InChI=1S/C16H26N4/c1-2-12-10-20(9-8-14(12)17)16-13-6-4-3-5-7-15(13)18-11-19-16/h11-12,14H,2-10,17H2,1H3. The number of hydrogen-bond acceptors (Lipinski definition) is 4. The molecule has 1 fully saturated rings. The fourth-order valence-electron chi connectivity index (χ4n) is 3.63. The summed E-state index contributed by atoms with van der Waals surface area (Å²) in [5.74, 6) is 1.79. The number of anilines is 1. The largest absolute Gasteiger partial charge is 0.356 e. The smallest absolute Gasteiger partial charge is 0.135 e. The average molecular weight is 274 g/mol. The van der Waals surface area contributed by atoms with Crippen molar-refractivity contribution in [1.82, 2.24) is 9.97 Å². The van der Waals surface area contributed by atoms with Crippen molar-refractivity contribution in [2.75, 3.05) is 18.0 Å². The van der Waals surface area contributed by atoms with Crippen LogP contribution in [0.25, 0.3) is 0 Å². The summed E-state index contributed by atoms with van der Waals surface area (Å²) in [6.45, 7) is 4.34. The molecule has 2 heterocycles. The van der Waals surface area contributed by atoms with Gasteiger partial charge < -0.3 is 10.6 Å². The molecule has 2 atom stereocenters. The molecular formula is C16H26N4. The number of nitrogens with two attached hydrogens (primary N) is 1. The highest BCUT2D eigenvalue weighted by Crippen LogP contribution is 2.29. The zero-order valence-corrected chi connectivity index (χ0v) is 12.5. The van der Waals surface area contributed by atoms with Gasteiger partial charge in [-0.25, -0.2) is 9.97 Å². The molecule has 1 aliphatic heterocycles. The second kappa shape index (κ2) is 6.08. The van der Waals surface area contributed by atoms with Gasteiger partial charge in [0.2, 0.25) is 0 Å². The number of aryl methyl sites for hydroxylation is 1. The van der Waals surface area contributed by atoms with E-state index < -0.39 is 0 Å². The van der Waals surface area contributed by atoms with E-state index in [2.05, 4.69) is 21.8 Å². The van der Waals surface area contributed by atoms with Gasteiger partial charge in [-0.05, 0) is 38.0 Å². The number of nitrogens with zero attached hydrogens (tertiary/aromatic N) is 3. The normalized spacial score (nSPS) is 27.0. The van der Waals surface area contributed by atoms with Crippen LogP contribution in [0.1, 0.15) is 50.3 Å². The topological polar surface area (TPSA) is 55.0 Å². The zero-order valence-electron chi connectivity index (χ0n) is 12.5. The zero-order chi connectivity index (χ0) is 13.9. The Morgan fingerprint density at radius 3 is 2.95 bits per heavy atom. The third-order valence-corrected chi connectivity index (χ3v) is 4.97. The van der Waals surface area contributed by atoms with Crippen molar-refractivity contribution >= 4 is 5.82 Å². The molecule has 3 rings (SSSR count). The molecule has 110 valence electrons. The molecule has 0 bridgehead atoms. The third-order valence-electron chi connectivity index (χ3n) is 4.97. The van der Waals surface area contributed by atoms with Gasteiger partial charge in [0.25, 0.3) is 0 Å². The van der Waals surface area contributed by atoms with Gasteiger partial charge in [-0.15, -0.1) is 0 Å². The van der Waals surface area contributed by atoms with Crippen molar-refractivity contribution in [1.29, 1.82) is 0 Å². The van der Waals surface area contributed by atoms with E-state index in [1.165, 1.54) is 36.3 Å². The molecule has 1 aliphatic carbocycles. The molecule has 0 radical (unpaired) electrons. The minimum atomic E-state index is 0.358. The fraction of sp³-hybridized carbons (Fsp3) is 0.750. The number of aromatic nitrogens is 2. The summed E-state index contributed by atoms with van der Waals surface area (Å²) in [5, 5.41) is 0. The van der Waals surface area contributed by atoms with Crippen molar-refractivity contribution in [2.45, 2.75) is 57.9 Å². The van der Waals surface area contributed by atoms with Gasteiger partial charge in [0.1, 0.15) is 12.1 Å². The Kier molecular flexibility index (Phi) is 4.20. The molecular weight excluding hydrogens is 248 g/mol. The lowest BCUT2D eigenvalue weighted by atomic mass is 9.90. The molecule has 0 aromatic carbocycles. The third kappa shape index (κ3) is 2.66. The van der Waals surface area contributed by atoms with E-state index in [4.69, 9.17) is 5.73 Å². The lowest BCUT2D eigenvalue weighted by molar-refractivity contribution is 0.346. The van der Waals surface area contributed by atoms with Crippen molar-refractivity contribution in [3.8, 4) is 0 Å². The van der Waals surface area contributed by atoms with Gasteiger partial charge in [0.15, 0.2) is 0 Å². The second-order valence-electron chi connectivity index (χ2n) is 6.25. The molecule has 2 unspecified atom stereocenters. The molecule has 0 amide bonds. The molecule has 2 aliphatic rings. The Morgan fingerprint density at radius 2 is 2.10 bits per heavy atom. The van der Waals surface area contributed by atoms with E-state index in [0.29, 0.717) is 12.0 Å². The molecule has 1 saturated heterocycles. The minimum absolute atomic E-state index is 0.358. The van der Waals surface area contributed by atoms with Crippen LogP contribution in [0.3, 0.4) is 0 Å². The van der Waals surface area contributed by atoms with E-state index in [1.54, 1.807) is 6.33 Å². The van der Waals surface area contributed by atoms with E-state index in [1.807, 2.05) is 0 Å². The Morgan fingerprint density at radius 1 is 1.25 bits per heavy atom. The van der Waals surface area contributed by atoms with Gasteiger partial charge in [0, 0.05) is 30.4 Å². The molecule has 4 nitrogen and oxygen atoms in total. The molecule has 1 aromatic heterocycles. The van der Waals surface area contributed by atoms with Crippen LogP contribution in [-0.2, 0) is 12.8 Å². The molecule has 0 saturated carbocycles. The van der Waals surface area contributed by atoms with Crippen molar-refractivity contribution < 1.29 is 0 Å².